The SMILES string of the molecule is CCN(Cc1ccccc1)C(=O)N(CC)Cc1cc(C)ccc1-c1cc(CC(=O)O)ccc1OC. The van der Waals surface area contributed by atoms with Gasteiger partial charge < -0.3 is 19.6 Å². The summed E-state index contributed by atoms with van der Waals surface area (Å²) in [5, 5.41) is 9.26. The average Bonchev–Trinajstić information content (AvgIpc) is 2.85. The van der Waals surface area contributed by atoms with Gasteiger partial charge in [-0.25, -0.2) is 4.79 Å². The fraction of sp³-hybridized carbons (Fsp3) is 0.310. The molecule has 0 heterocycles. The van der Waals surface area contributed by atoms with Gasteiger partial charge in [0.05, 0.1) is 13.5 Å². The lowest BCUT2D eigenvalue weighted by Crippen LogP contribution is -2.42. The lowest BCUT2D eigenvalue weighted by molar-refractivity contribution is -0.136. The quantitative estimate of drug-likeness (QED) is 0.405. The average molecular weight is 475 g/mol. The molecule has 1 N–H and O–H groups in total. The minimum atomic E-state index is -0.883. The zero-order chi connectivity index (χ0) is 25.4. The summed E-state index contributed by atoms with van der Waals surface area (Å²) < 4.78 is 5.61. The van der Waals surface area contributed by atoms with Crippen LogP contribution in [0.1, 0.15) is 36.1 Å². The largest absolute Gasteiger partial charge is 0.496 e. The van der Waals surface area contributed by atoms with E-state index in [0.29, 0.717) is 37.5 Å². The molecule has 0 radical (unpaired) electrons. The number of ether oxygens (including phenoxy) is 1. The maximum atomic E-state index is 13.5. The number of benzene rings is 3. The Balaban J connectivity index is 1.95. The third-order valence-corrected chi connectivity index (χ3v) is 6.05. The van der Waals surface area contributed by atoms with Crippen molar-refractivity contribution >= 4 is 12.0 Å². The molecule has 35 heavy (non-hydrogen) atoms. The van der Waals surface area contributed by atoms with E-state index in [1.807, 2.05) is 79.1 Å². The number of hydrogen-bond donors (Lipinski definition) is 1. The van der Waals surface area contributed by atoms with Crippen molar-refractivity contribution < 1.29 is 19.4 Å². The van der Waals surface area contributed by atoms with E-state index in [2.05, 4.69) is 6.07 Å². The summed E-state index contributed by atoms with van der Waals surface area (Å²) in [6.07, 6.45) is -0.0668. The summed E-state index contributed by atoms with van der Waals surface area (Å²) in [4.78, 5) is 28.5. The van der Waals surface area contributed by atoms with E-state index in [4.69, 9.17) is 4.74 Å². The van der Waals surface area contributed by atoms with E-state index in [0.717, 1.165) is 27.8 Å². The van der Waals surface area contributed by atoms with Gasteiger partial charge >= 0.3 is 12.0 Å². The molecular formula is C29H34N2O4. The number of carboxylic acid groups (broad SMARTS) is 1. The van der Waals surface area contributed by atoms with Gasteiger partial charge in [0.2, 0.25) is 0 Å². The number of nitrogens with zero attached hydrogens (tertiary/aromatic N) is 2. The van der Waals surface area contributed by atoms with Crippen molar-refractivity contribution in [1.82, 2.24) is 9.80 Å². The van der Waals surface area contributed by atoms with Crippen molar-refractivity contribution in [3.8, 4) is 16.9 Å². The maximum Gasteiger partial charge on any atom is 0.320 e. The molecule has 0 aliphatic heterocycles. The number of aliphatic carboxylic acids is 1. The number of carbonyl (C=O) groups excluding carboxylic acids is 1. The molecule has 3 rings (SSSR count). The summed E-state index contributed by atoms with van der Waals surface area (Å²) in [6, 6.07) is 21.6. The minimum Gasteiger partial charge on any atom is -0.496 e. The van der Waals surface area contributed by atoms with Crippen LogP contribution in [0.4, 0.5) is 4.79 Å². The first-order valence-corrected chi connectivity index (χ1v) is 11.9. The predicted molar refractivity (Wildman–Crippen MR) is 139 cm³/mol. The highest BCUT2D eigenvalue weighted by Crippen LogP contribution is 2.34. The van der Waals surface area contributed by atoms with Crippen LogP contribution >= 0.6 is 0 Å². The van der Waals surface area contributed by atoms with E-state index >= 15 is 0 Å². The Labute approximate surface area is 207 Å². The summed E-state index contributed by atoms with van der Waals surface area (Å²) in [5.41, 5.74) is 5.61. The van der Waals surface area contributed by atoms with Crippen molar-refractivity contribution in [2.24, 2.45) is 0 Å². The molecule has 0 unspecified atom stereocenters. The molecule has 3 aromatic carbocycles. The minimum absolute atomic E-state index is 0.0158. The standard InChI is InChI=1S/C29H34N2O4/c1-5-30(19-22-10-8-7-9-11-22)29(34)31(6-2)20-24-16-21(3)12-14-25(24)26-17-23(18-28(32)33)13-15-27(26)35-4/h7-17H,5-6,18-20H2,1-4H3,(H,32,33). The third kappa shape index (κ3) is 6.63. The molecule has 0 bridgehead atoms. The number of carbonyl (C=O) groups is 2. The second kappa shape index (κ2) is 12.1. The van der Waals surface area contributed by atoms with Gasteiger partial charge in [-0.15, -0.1) is 0 Å². The first-order valence-electron chi connectivity index (χ1n) is 11.9. The number of amides is 2. The lowest BCUT2D eigenvalue weighted by atomic mass is 9.94. The van der Waals surface area contributed by atoms with Gasteiger partial charge in [-0.3, -0.25) is 4.79 Å². The smallest absolute Gasteiger partial charge is 0.320 e. The molecule has 6 heteroatoms. The van der Waals surface area contributed by atoms with Gasteiger partial charge in [0, 0.05) is 31.7 Å². The van der Waals surface area contributed by atoms with E-state index in [1.165, 1.54) is 0 Å². The number of urea groups is 1. The van der Waals surface area contributed by atoms with Crippen LogP contribution in [0, 0.1) is 6.92 Å². The first kappa shape index (κ1) is 25.8. The van der Waals surface area contributed by atoms with Crippen LogP contribution in [0.2, 0.25) is 0 Å². The molecule has 184 valence electrons. The van der Waals surface area contributed by atoms with E-state index in [-0.39, 0.29) is 12.5 Å². The highest BCUT2D eigenvalue weighted by Gasteiger charge is 2.21. The summed E-state index contributed by atoms with van der Waals surface area (Å²) in [6.45, 7) is 8.16. The van der Waals surface area contributed by atoms with Crippen molar-refractivity contribution in [3.63, 3.8) is 0 Å². The zero-order valence-corrected chi connectivity index (χ0v) is 21.0. The summed E-state index contributed by atoms with van der Waals surface area (Å²) in [5.74, 6) is -0.219. The second-order valence-corrected chi connectivity index (χ2v) is 8.56. The van der Waals surface area contributed by atoms with Gasteiger partial charge in [0.1, 0.15) is 5.75 Å². The van der Waals surface area contributed by atoms with Crippen LogP contribution < -0.4 is 4.74 Å². The molecule has 0 aliphatic carbocycles. The van der Waals surface area contributed by atoms with Crippen molar-refractivity contribution in [2.45, 2.75) is 40.3 Å². The molecule has 0 saturated carbocycles. The van der Waals surface area contributed by atoms with Crippen LogP contribution in [-0.4, -0.2) is 47.1 Å². The normalized spacial score (nSPS) is 10.6. The molecule has 0 fully saturated rings. The number of hydrogen-bond acceptors (Lipinski definition) is 3. The van der Waals surface area contributed by atoms with Gasteiger partial charge in [0.25, 0.3) is 0 Å². The van der Waals surface area contributed by atoms with Gasteiger partial charge in [-0.05, 0) is 55.2 Å². The Bertz CT molecular complexity index is 1160. The van der Waals surface area contributed by atoms with Crippen LogP contribution in [0.25, 0.3) is 11.1 Å². The van der Waals surface area contributed by atoms with Crippen LogP contribution in [0.15, 0.2) is 66.7 Å². The van der Waals surface area contributed by atoms with E-state index in [9.17, 15) is 14.7 Å². The lowest BCUT2D eigenvalue weighted by Gasteiger charge is -2.30. The maximum absolute atomic E-state index is 13.5. The predicted octanol–water partition coefficient (Wildman–Crippen LogP) is 5.76. The van der Waals surface area contributed by atoms with Gasteiger partial charge in [-0.1, -0.05) is 60.2 Å². The Kier molecular flexibility index (Phi) is 8.90. The number of carboxylic acids is 1. The zero-order valence-electron chi connectivity index (χ0n) is 21.0. The topological polar surface area (TPSA) is 70.1 Å². The fourth-order valence-corrected chi connectivity index (χ4v) is 4.21. The Hall–Kier alpha value is -3.80. The molecule has 0 spiro atoms. The van der Waals surface area contributed by atoms with Crippen LogP contribution in [-0.2, 0) is 24.3 Å². The van der Waals surface area contributed by atoms with Crippen molar-refractivity contribution in [2.75, 3.05) is 20.2 Å². The van der Waals surface area contributed by atoms with Crippen molar-refractivity contribution in [3.05, 3.63) is 89.0 Å². The molecule has 3 aromatic rings. The number of methoxy groups -OCH3 is 1. The van der Waals surface area contributed by atoms with E-state index in [1.54, 1.807) is 19.2 Å². The number of rotatable bonds is 10. The molecule has 6 nitrogen and oxygen atoms in total. The van der Waals surface area contributed by atoms with E-state index < -0.39 is 5.97 Å². The molecule has 0 atom stereocenters. The first-order chi connectivity index (χ1) is 16.9. The third-order valence-electron chi connectivity index (χ3n) is 6.05. The van der Waals surface area contributed by atoms with Crippen LogP contribution in [0.5, 0.6) is 5.75 Å². The summed E-state index contributed by atoms with van der Waals surface area (Å²) in [7, 11) is 1.61. The molecule has 0 saturated heterocycles. The Morgan fingerprint density at radius 1 is 0.829 bits per heavy atom. The monoisotopic (exact) mass is 474 g/mol. The fourth-order valence-electron chi connectivity index (χ4n) is 4.21. The van der Waals surface area contributed by atoms with Gasteiger partial charge in [0.15, 0.2) is 0 Å². The summed E-state index contributed by atoms with van der Waals surface area (Å²) >= 11 is 0. The Morgan fingerprint density at radius 2 is 1.51 bits per heavy atom. The highest BCUT2D eigenvalue weighted by molar-refractivity contribution is 5.78. The Morgan fingerprint density at radius 3 is 2.14 bits per heavy atom. The molecular weight excluding hydrogens is 440 g/mol. The second-order valence-electron chi connectivity index (χ2n) is 8.56. The molecule has 0 aromatic heterocycles. The van der Waals surface area contributed by atoms with Crippen molar-refractivity contribution in [1.29, 1.82) is 0 Å². The van der Waals surface area contributed by atoms with Gasteiger partial charge in [-0.2, -0.15) is 0 Å². The molecule has 0 aliphatic rings. The highest BCUT2D eigenvalue weighted by atomic mass is 16.5. The number of aryl methyl sites for hydroxylation is 1. The molecule has 2 amide bonds. The van der Waals surface area contributed by atoms with Crippen LogP contribution in [0.3, 0.4) is 0 Å².